The van der Waals surface area contributed by atoms with Crippen molar-refractivity contribution in [3.05, 3.63) is 108 Å². The average Bonchev–Trinajstić information content (AvgIpc) is 2.84. The van der Waals surface area contributed by atoms with Gasteiger partial charge in [0.25, 0.3) is 26.0 Å². The summed E-state index contributed by atoms with van der Waals surface area (Å²) in [5.74, 6) is -0.365. The minimum absolute atomic E-state index is 0.0120. The first-order chi connectivity index (χ1) is 17.5. The molecule has 0 unspecified atom stereocenters. The van der Waals surface area contributed by atoms with Gasteiger partial charge in [-0.1, -0.05) is 24.3 Å². The van der Waals surface area contributed by atoms with Crippen LogP contribution in [0.1, 0.15) is 21.5 Å². The van der Waals surface area contributed by atoms with Crippen molar-refractivity contribution in [3.63, 3.8) is 0 Å². The largest absolute Gasteiger partial charge is 0.322 e. The summed E-state index contributed by atoms with van der Waals surface area (Å²) in [5.41, 5.74) is 2.26. The molecule has 3 aromatic carbocycles. The van der Waals surface area contributed by atoms with Crippen LogP contribution in [0.25, 0.3) is 0 Å². The van der Waals surface area contributed by atoms with E-state index in [1.807, 2.05) is 13.0 Å². The fourth-order valence-corrected chi connectivity index (χ4v) is 5.82. The van der Waals surface area contributed by atoms with Crippen LogP contribution in [-0.2, 0) is 20.0 Å². The standard InChI is InChI=1S/C26H24N4O5S2/c1-18-6-5-7-22(16-18)29-37(34,35)24-17-20(10-9-19(24)2)26(31)28-21-11-13-23(14-12-21)36(32,33)30-25-8-3-4-15-27-25/h3-17,29H,1-2H3,(H,27,30)(H,28,31). The lowest BCUT2D eigenvalue weighted by Crippen LogP contribution is -2.17. The van der Waals surface area contributed by atoms with Gasteiger partial charge in [0, 0.05) is 23.1 Å². The maximum atomic E-state index is 13.0. The highest BCUT2D eigenvalue weighted by Crippen LogP contribution is 2.23. The number of hydrogen-bond donors (Lipinski definition) is 3. The number of anilines is 3. The molecule has 0 radical (unpaired) electrons. The van der Waals surface area contributed by atoms with Crippen LogP contribution in [0.4, 0.5) is 17.2 Å². The zero-order valence-electron chi connectivity index (χ0n) is 20.0. The van der Waals surface area contributed by atoms with E-state index in [-0.39, 0.29) is 21.2 Å². The smallest absolute Gasteiger partial charge is 0.263 e. The van der Waals surface area contributed by atoms with Gasteiger partial charge in [0.1, 0.15) is 5.82 Å². The number of rotatable bonds is 8. The number of amides is 1. The predicted molar refractivity (Wildman–Crippen MR) is 143 cm³/mol. The van der Waals surface area contributed by atoms with Crippen molar-refractivity contribution in [1.82, 2.24) is 4.98 Å². The van der Waals surface area contributed by atoms with Crippen LogP contribution in [0, 0.1) is 13.8 Å². The average molecular weight is 537 g/mol. The van der Waals surface area contributed by atoms with Crippen molar-refractivity contribution in [2.75, 3.05) is 14.8 Å². The number of nitrogens with one attached hydrogen (secondary N) is 3. The fourth-order valence-electron chi connectivity index (χ4n) is 3.49. The topological polar surface area (TPSA) is 134 Å². The molecule has 4 rings (SSSR count). The third kappa shape index (κ3) is 6.32. The van der Waals surface area contributed by atoms with Gasteiger partial charge in [0.15, 0.2) is 0 Å². The molecule has 0 bridgehead atoms. The Hall–Kier alpha value is -4.22. The molecule has 0 fully saturated rings. The van der Waals surface area contributed by atoms with Gasteiger partial charge in [-0.3, -0.25) is 14.2 Å². The van der Waals surface area contributed by atoms with E-state index >= 15 is 0 Å². The first kappa shape index (κ1) is 25.9. The molecule has 0 saturated heterocycles. The van der Waals surface area contributed by atoms with E-state index < -0.39 is 26.0 Å². The molecule has 0 aliphatic carbocycles. The summed E-state index contributed by atoms with van der Waals surface area (Å²) in [4.78, 5) is 16.8. The van der Waals surface area contributed by atoms with E-state index in [1.165, 1.54) is 48.7 Å². The van der Waals surface area contributed by atoms with Gasteiger partial charge in [-0.2, -0.15) is 0 Å². The Morgan fingerprint density at radius 1 is 0.730 bits per heavy atom. The van der Waals surface area contributed by atoms with Crippen LogP contribution in [0.3, 0.4) is 0 Å². The van der Waals surface area contributed by atoms with Gasteiger partial charge in [-0.05, 0) is 85.6 Å². The molecule has 11 heteroatoms. The van der Waals surface area contributed by atoms with Gasteiger partial charge in [0.2, 0.25) is 0 Å². The quantitative estimate of drug-likeness (QED) is 0.302. The van der Waals surface area contributed by atoms with Crippen molar-refractivity contribution in [2.45, 2.75) is 23.6 Å². The fraction of sp³-hybridized carbons (Fsp3) is 0.0769. The second-order valence-electron chi connectivity index (χ2n) is 8.25. The summed E-state index contributed by atoms with van der Waals surface area (Å²) < 4.78 is 56.1. The SMILES string of the molecule is Cc1cccc(NS(=O)(=O)c2cc(C(=O)Nc3ccc(S(=O)(=O)Nc4ccccn4)cc3)ccc2C)c1. The second-order valence-corrected chi connectivity index (χ2v) is 11.6. The van der Waals surface area contributed by atoms with Crippen molar-refractivity contribution in [1.29, 1.82) is 0 Å². The number of aromatic nitrogens is 1. The van der Waals surface area contributed by atoms with Crippen molar-refractivity contribution < 1.29 is 21.6 Å². The maximum Gasteiger partial charge on any atom is 0.263 e. The Labute approximate surface area is 215 Å². The Morgan fingerprint density at radius 3 is 2.16 bits per heavy atom. The van der Waals surface area contributed by atoms with Gasteiger partial charge >= 0.3 is 0 Å². The van der Waals surface area contributed by atoms with Gasteiger partial charge in [-0.25, -0.2) is 21.8 Å². The highest BCUT2D eigenvalue weighted by Gasteiger charge is 2.20. The normalized spacial score (nSPS) is 11.5. The molecule has 1 heterocycles. The Bertz CT molecular complexity index is 1660. The number of sulfonamides is 2. The molecule has 9 nitrogen and oxygen atoms in total. The number of benzene rings is 3. The molecule has 37 heavy (non-hydrogen) atoms. The van der Waals surface area contributed by atoms with Crippen molar-refractivity contribution in [2.24, 2.45) is 0 Å². The molecular formula is C26H24N4O5S2. The lowest BCUT2D eigenvalue weighted by atomic mass is 10.1. The lowest BCUT2D eigenvalue weighted by Gasteiger charge is -2.13. The van der Waals surface area contributed by atoms with Crippen LogP contribution < -0.4 is 14.8 Å². The predicted octanol–water partition coefficient (Wildman–Crippen LogP) is 4.55. The third-order valence-corrected chi connectivity index (χ3v) is 8.23. The molecule has 190 valence electrons. The summed E-state index contributed by atoms with van der Waals surface area (Å²) in [6, 6.07) is 21.8. The maximum absolute atomic E-state index is 13.0. The minimum Gasteiger partial charge on any atom is -0.322 e. The van der Waals surface area contributed by atoms with Gasteiger partial charge < -0.3 is 5.32 Å². The zero-order valence-corrected chi connectivity index (χ0v) is 21.6. The number of nitrogens with zero attached hydrogens (tertiary/aromatic N) is 1. The summed E-state index contributed by atoms with van der Waals surface area (Å²) >= 11 is 0. The van der Waals surface area contributed by atoms with E-state index in [0.29, 0.717) is 16.9 Å². The van der Waals surface area contributed by atoms with E-state index in [1.54, 1.807) is 43.3 Å². The number of hydrogen-bond acceptors (Lipinski definition) is 6. The summed E-state index contributed by atoms with van der Waals surface area (Å²) in [6.07, 6.45) is 1.47. The molecule has 1 aromatic heterocycles. The molecule has 0 spiro atoms. The highest BCUT2D eigenvalue weighted by molar-refractivity contribution is 7.93. The van der Waals surface area contributed by atoms with Crippen LogP contribution in [0.5, 0.6) is 0 Å². The molecule has 0 atom stereocenters. The minimum atomic E-state index is -3.95. The van der Waals surface area contributed by atoms with E-state index in [4.69, 9.17) is 0 Å². The number of carbonyl (C=O) groups excluding carboxylic acids is 1. The van der Waals surface area contributed by atoms with Crippen molar-refractivity contribution >= 4 is 43.1 Å². The Morgan fingerprint density at radius 2 is 1.49 bits per heavy atom. The van der Waals surface area contributed by atoms with E-state index in [0.717, 1.165) is 5.56 Å². The summed E-state index contributed by atoms with van der Waals surface area (Å²) in [6.45, 7) is 3.50. The first-order valence-electron chi connectivity index (χ1n) is 11.1. The number of aryl methyl sites for hydroxylation is 2. The second kappa shape index (κ2) is 10.4. The monoisotopic (exact) mass is 536 g/mol. The van der Waals surface area contributed by atoms with E-state index in [2.05, 4.69) is 19.7 Å². The van der Waals surface area contributed by atoms with Gasteiger partial charge in [-0.15, -0.1) is 0 Å². The van der Waals surface area contributed by atoms with Crippen molar-refractivity contribution in [3.8, 4) is 0 Å². The molecule has 0 aliphatic rings. The number of carbonyl (C=O) groups is 1. The van der Waals surface area contributed by atoms with Crippen LogP contribution in [-0.4, -0.2) is 27.7 Å². The zero-order chi connectivity index (χ0) is 26.6. The van der Waals surface area contributed by atoms with Gasteiger partial charge in [0.05, 0.1) is 9.79 Å². The highest BCUT2D eigenvalue weighted by atomic mass is 32.2. The van der Waals surface area contributed by atoms with Crippen LogP contribution in [0.2, 0.25) is 0 Å². The molecular weight excluding hydrogens is 512 g/mol. The molecule has 4 aromatic rings. The number of pyridine rings is 1. The van der Waals surface area contributed by atoms with Crippen LogP contribution >= 0.6 is 0 Å². The molecule has 1 amide bonds. The van der Waals surface area contributed by atoms with Crippen LogP contribution in [0.15, 0.2) is 101 Å². The summed E-state index contributed by atoms with van der Waals surface area (Å²) in [5, 5.41) is 2.66. The molecule has 0 aliphatic heterocycles. The Balaban J connectivity index is 1.50. The third-order valence-electron chi connectivity index (χ3n) is 5.34. The first-order valence-corrected chi connectivity index (χ1v) is 14.1. The molecule has 0 saturated carbocycles. The Kier molecular flexibility index (Phi) is 7.28. The van der Waals surface area contributed by atoms with E-state index in [9.17, 15) is 21.6 Å². The molecule has 3 N–H and O–H groups in total. The summed E-state index contributed by atoms with van der Waals surface area (Å²) in [7, 11) is -7.81. The lowest BCUT2D eigenvalue weighted by molar-refractivity contribution is 0.102.